The van der Waals surface area contributed by atoms with Crippen molar-refractivity contribution >= 4 is 16.7 Å². The van der Waals surface area contributed by atoms with Gasteiger partial charge in [-0.2, -0.15) is 10.2 Å². The van der Waals surface area contributed by atoms with Gasteiger partial charge in [0.25, 0.3) is 0 Å². The van der Waals surface area contributed by atoms with E-state index in [2.05, 4.69) is 20.3 Å². The molecule has 1 aromatic carbocycles. The molecule has 0 fully saturated rings. The molecule has 7 nitrogen and oxygen atoms in total. The van der Waals surface area contributed by atoms with Crippen molar-refractivity contribution in [2.45, 2.75) is 13.0 Å². The average Bonchev–Trinajstić information content (AvgIpc) is 3.31. The Morgan fingerprint density at radius 1 is 1.16 bits per heavy atom. The van der Waals surface area contributed by atoms with Gasteiger partial charge in [-0.3, -0.25) is 9.78 Å². The highest BCUT2D eigenvalue weighted by atomic mass is 16.5. The summed E-state index contributed by atoms with van der Waals surface area (Å²) in [6.07, 6.45) is 6.30. The van der Waals surface area contributed by atoms with Crippen molar-refractivity contribution in [2.75, 3.05) is 12.3 Å². The zero-order valence-electron chi connectivity index (χ0n) is 13.6. The van der Waals surface area contributed by atoms with E-state index in [1.807, 2.05) is 41.2 Å². The van der Waals surface area contributed by atoms with Crippen LogP contribution in [0.4, 0.5) is 5.82 Å². The second kappa shape index (κ2) is 6.64. The molecule has 0 atom stereocenters. The van der Waals surface area contributed by atoms with E-state index in [0.29, 0.717) is 12.4 Å². The quantitative estimate of drug-likeness (QED) is 0.529. The van der Waals surface area contributed by atoms with Crippen LogP contribution in [0.25, 0.3) is 22.2 Å². The molecule has 0 amide bonds. The van der Waals surface area contributed by atoms with Crippen molar-refractivity contribution in [3.8, 4) is 17.0 Å². The van der Waals surface area contributed by atoms with E-state index in [1.54, 1.807) is 18.5 Å². The van der Waals surface area contributed by atoms with Crippen molar-refractivity contribution in [1.82, 2.24) is 25.0 Å². The van der Waals surface area contributed by atoms with E-state index in [4.69, 9.17) is 10.5 Å². The van der Waals surface area contributed by atoms with E-state index in [-0.39, 0.29) is 0 Å². The van der Waals surface area contributed by atoms with Gasteiger partial charge in [0.15, 0.2) is 0 Å². The van der Waals surface area contributed by atoms with Gasteiger partial charge in [-0.25, -0.2) is 4.98 Å². The number of benzene rings is 1. The summed E-state index contributed by atoms with van der Waals surface area (Å²) >= 11 is 0. The lowest BCUT2D eigenvalue weighted by molar-refractivity contribution is 0.302. The number of H-pyrrole nitrogens is 1. The zero-order valence-corrected chi connectivity index (χ0v) is 13.6. The maximum atomic E-state index is 5.95. The topological polar surface area (TPSA) is 94.6 Å². The van der Waals surface area contributed by atoms with Gasteiger partial charge >= 0.3 is 0 Å². The fourth-order valence-corrected chi connectivity index (χ4v) is 2.76. The number of nitrogens with two attached hydrogens (primary N) is 1. The number of nitrogens with one attached hydrogen (secondary N) is 1. The van der Waals surface area contributed by atoms with Gasteiger partial charge in [0, 0.05) is 48.6 Å². The number of rotatable bonds is 6. The molecule has 3 N–H and O–H groups in total. The first-order valence-corrected chi connectivity index (χ1v) is 8.10. The number of hydrogen-bond acceptors (Lipinski definition) is 5. The molecule has 0 unspecified atom stereocenters. The molecule has 3 aromatic heterocycles. The fraction of sp³-hybridized carbons (Fsp3) is 0.167. The number of hydrogen-bond donors (Lipinski definition) is 2. The third-order valence-corrected chi connectivity index (χ3v) is 3.95. The van der Waals surface area contributed by atoms with Gasteiger partial charge in [0.2, 0.25) is 0 Å². The summed E-state index contributed by atoms with van der Waals surface area (Å²) in [4.78, 5) is 4.43. The second-order valence-electron chi connectivity index (χ2n) is 5.72. The Labute approximate surface area is 144 Å². The maximum absolute atomic E-state index is 5.95. The fourth-order valence-electron chi connectivity index (χ4n) is 2.76. The van der Waals surface area contributed by atoms with Crippen LogP contribution in [-0.4, -0.2) is 31.6 Å². The van der Waals surface area contributed by atoms with Crippen LogP contribution in [0.1, 0.15) is 6.42 Å². The summed E-state index contributed by atoms with van der Waals surface area (Å²) in [5, 5.41) is 12.1. The molecule has 0 aliphatic carbocycles. The largest absolute Gasteiger partial charge is 0.493 e. The van der Waals surface area contributed by atoms with Crippen molar-refractivity contribution in [2.24, 2.45) is 0 Å². The smallest absolute Gasteiger partial charge is 0.132 e. The molecular weight excluding hydrogens is 316 g/mol. The molecule has 0 saturated heterocycles. The molecule has 0 spiro atoms. The van der Waals surface area contributed by atoms with Crippen LogP contribution in [-0.2, 0) is 6.54 Å². The van der Waals surface area contributed by atoms with Gasteiger partial charge in [-0.05, 0) is 24.3 Å². The molecule has 0 saturated carbocycles. The minimum absolute atomic E-state index is 0.441. The van der Waals surface area contributed by atoms with E-state index >= 15 is 0 Å². The molecule has 3 heterocycles. The number of fused-ring (bicyclic) bond motifs is 1. The lowest BCUT2D eigenvalue weighted by Crippen LogP contribution is -2.05. The van der Waals surface area contributed by atoms with Crippen molar-refractivity contribution < 1.29 is 4.74 Å². The summed E-state index contributed by atoms with van der Waals surface area (Å²) in [5.74, 6) is 1.19. The molecule has 0 aliphatic rings. The monoisotopic (exact) mass is 334 g/mol. The number of anilines is 1. The predicted molar refractivity (Wildman–Crippen MR) is 96.1 cm³/mol. The third-order valence-electron chi connectivity index (χ3n) is 3.95. The molecule has 4 rings (SSSR count). The average molecular weight is 334 g/mol. The predicted octanol–water partition coefficient (Wildman–Crippen LogP) is 2.87. The molecule has 0 radical (unpaired) electrons. The summed E-state index contributed by atoms with van der Waals surface area (Å²) < 4.78 is 7.84. The summed E-state index contributed by atoms with van der Waals surface area (Å²) in [6, 6.07) is 11.6. The Kier molecular flexibility index (Phi) is 4.04. The highest BCUT2D eigenvalue weighted by molar-refractivity contribution is 5.89. The van der Waals surface area contributed by atoms with Crippen LogP contribution in [0.3, 0.4) is 0 Å². The first-order chi connectivity index (χ1) is 12.3. The SMILES string of the molecule is Nc1cc(OCCCn2cccn2)c2ccc(-c3ccn[nH]3)cc2n1. The van der Waals surface area contributed by atoms with Crippen LogP contribution in [0, 0.1) is 0 Å². The van der Waals surface area contributed by atoms with E-state index in [9.17, 15) is 0 Å². The molecule has 0 bridgehead atoms. The molecule has 4 aromatic rings. The van der Waals surface area contributed by atoms with Crippen molar-refractivity contribution in [1.29, 1.82) is 0 Å². The summed E-state index contributed by atoms with van der Waals surface area (Å²) in [7, 11) is 0. The lowest BCUT2D eigenvalue weighted by atomic mass is 10.1. The number of aromatic nitrogens is 5. The first-order valence-electron chi connectivity index (χ1n) is 8.10. The first kappa shape index (κ1) is 15.2. The second-order valence-corrected chi connectivity index (χ2v) is 5.72. The number of nitrogen functional groups attached to an aromatic ring is 1. The Balaban J connectivity index is 1.54. The van der Waals surface area contributed by atoms with E-state index < -0.39 is 0 Å². The minimum Gasteiger partial charge on any atom is -0.493 e. The lowest BCUT2D eigenvalue weighted by Gasteiger charge is -2.11. The Bertz CT molecular complexity index is 963. The molecule has 7 heteroatoms. The van der Waals surface area contributed by atoms with Gasteiger partial charge in [-0.15, -0.1) is 0 Å². The molecule has 25 heavy (non-hydrogen) atoms. The summed E-state index contributed by atoms with van der Waals surface area (Å²) in [5.41, 5.74) is 8.69. The van der Waals surface area contributed by atoms with Crippen molar-refractivity contribution in [3.63, 3.8) is 0 Å². The number of aromatic amines is 1. The van der Waals surface area contributed by atoms with Gasteiger partial charge in [0.1, 0.15) is 11.6 Å². The Morgan fingerprint density at radius 2 is 2.12 bits per heavy atom. The molecular formula is C18H18N6O. The molecule has 126 valence electrons. The Morgan fingerprint density at radius 3 is 2.92 bits per heavy atom. The van der Waals surface area contributed by atoms with Crippen LogP contribution < -0.4 is 10.5 Å². The standard InChI is InChI=1S/C18H18N6O/c19-18-12-17(25-10-2-9-24-8-1-6-21-24)14-4-3-13(11-16(14)22-18)15-5-7-20-23-15/h1,3-8,11-12H,2,9-10H2,(H2,19,22)(H,20,23). The number of pyridine rings is 1. The van der Waals surface area contributed by atoms with Crippen LogP contribution >= 0.6 is 0 Å². The maximum Gasteiger partial charge on any atom is 0.132 e. The number of aryl methyl sites for hydroxylation is 1. The minimum atomic E-state index is 0.441. The van der Waals surface area contributed by atoms with Crippen LogP contribution in [0.2, 0.25) is 0 Å². The van der Waals surface area contributed by atoms with E-state index in [1.165, 1.54) is 0 Å². The number of nitrogens with zero attached hydrogens (tertiary/aromatic N) is 4. The highest BCUT2D eigenvalue weighted by Gasteiger charge is 2.08. The van der Waals surface area contributed by atoms with Gasteiger partial charge in [-0.1, -0.05) is 6.07 Å². The highest BCUT2D eigenvalue weighted by Crippen LogP contribution is 2.30. The Hall–Kier alpha value is -3.35. The summed E-state index contributed by atoms with van der Waals surface area (Å²) in [6.45, 7) is 1.40. The van der Waals surface area contributed by atoms with E-state index in [0.717, 1.165) is 40.9 Å². The molecule has 0 aliphatic heterocycles. The normalized spacial score (nSPS) is 11.0. The zero-order chi connectivity index (χ0) is 17.1. The van der Waals surface area contributed by atoms with Gasteiger partial charge in [0.05, 0.1) is 17.8 Å². The van der Waals surface area contributed by atoms with Crippen LogP contribution in [0.15, 0.2) is 55.0 Å². The van der Waals surface area contributed by atoms with Crippen molar-refractivity contribution in [3.05, 3.63) is 55.0 Å². The third kappa shape index (κ3) is 3.30. The number of ether oxygens (including phenoxy) is 1. The van der Waals surface area contributed by atoms with Gasteiger partial charge < -0.3 is 10.5 Å². The van der Waals surface area contributed by atoms with Crippen LogP contribution in [0.5, 0.6) is 5.75 Å².